The summed E-state index contributed by atoms with van der Waals surface area (Å²) in [5.74, 6) is 2.77. The Labute approximate surface area is 86.4 Å². The molecule has 1 amide bonds. The van der Waals surface area contributed by atoms with E-state index in [2.05, 4.69) is 11.2 Å². The summed E-state index contributed by atoms with van der Waals surface area (Å²) >= 11 is 0. The van der Waals surface area contributed by atoms with Crippen LogP contribution in [0.5, 0.6) is 0 Å². The van der Waals surface area contributed by atoms with Gasteiger partial charge in [-0.3, -0.25) is 4.79 Å². The monoisotopic (exact) mass is 196 g/mol. The number of carbonyl (C=O) groups excluding carboxylic acids is 1. The summed E-state index contributed by atoms with van der Waals surface area (Å²) in [6.07, 6.45) is 6.65. The number of amides is 1. The van der Waals surface area contributed by atoms with Gasteiger partial charge in [-0.2, -0.15) is 0 Å². The maximum atomic E-state index is 11.5. The maximum absolute atomic E-state index is 11.5. The van der Waals surface area contributed by atoms with Crippen molar-refractivity contribution < 1.29 is 4.79 Å². The average Bonchev–Trinajstić information content (AvgIpc) is 2.12. The Kier molecular flexibility index (Phi) is 5.98. The smallest absolute Gasteiger partial charge is 0.237 e. The minimum Gasteiger partial charge on any atom is -0.341 e. The van der Waals surface area contributed by atoms with Crippen LogP contribution in [0.15, 0.2) is 0 Å². The van der Waals surface area contributed by atoms with E-state index in [9.17, 15) is 4.79 Å². The van der Waals surface area contributed by atoms with Crippen LogP contribution in [0.25, 0.3) is 0 Å². The normalized spacial score (nSPS) is 14.6. The molecule has 0 heterocycles. The van der Waals surface area contributed by atoms with Crippen LogP contribution in [-0.4, -0.2) is 18.0 Å². The Morgan fingerprint density at radius 3 is 2.50 bits per heavy atom. The first kappa shape index (κ1) is 13.0. The van der Waals surface area contributed by atoms with Gasteiger partial charge in [-0.1, -0.05) is 26.7 Å². The fourth-order valence-corrected chi connectivity index (χ4v) is 1.16. The third kappa shape index (κ3) is 4.88. The van der Waals surface area contributed by atoms with E-state index in [1.54, 1.807) is 0 Å². The zero-order valence-electron chi connectivity index (χ0n) is 9.21. The van der Waals surface area contributed by atoms with Crippen LogP contribution in [0.3, 0.4) is 0 Å². The fourth-order valence-electron chi connectivity index (χ4n) is 1.16. The van der Waals surface area contributed by atoms with Gasteiger partial charge in [-0.05, 0) is 18.8 Å². The molecule has 3 nitrogen and oxygen atoms in total. The summed E-state index contributed by atoms with van der Waals surface area (Å²) in [6.45, 7) is 6.00. The second-order valence-corrected chi connectivity index (χ2v) is 3.87. The highest BCUT2D eigenvalue weighted by Crippen LogP contribution is 2.03. The van der Waals surface area contributed by atoms with Crippen molar-refractivity contribution in [2.24, 2.45) is 11.7 Å². The highest BCUT2D eigenvalue weighted by molar-refractivity contribution is 5.82. The van der Waals surface area contributed by atoms with Crippen LogP contribution in [0.4, 0.5) is 0 Å². The lowest BCUT2D eigenvalue weighted by Crippen LogP contribution is -2.45. The van der Waals surface area contributed by atoms with Crippen LogP contribution < -0.4 is 11.1 Å². The predicted octanol–water partition coefficient (Wildman–Crippen LogP) is 0.888. The minimum absolute atomic E-state index is 0.150. The standard InChI is InChI=1S/C11H20N2O/c1-5-9(6-2)13-11(14)10(12)7-8(3)4/h1,8-10H,6-7,12H2,2-4H3,(H,13,14)/t9?,10-/m0/s1. The molecule has 0 aromatic carbocycles. The molecule has 1 unspecified atom stereocenters. The molecule has 80 valence electrons. The van der Waals surface area contributed by atoms with Crippen molar-refractivity contribution in [3.05, 3.63) is 0 Å². The first-order valence-electron chi connectivity index (χ1n) is 5.03. The van der Waals surface area contributed by atoms with Crippen molar-refractivity contribution in [3.8, 4) is 12.3 Å². The molecule has 0 aromatic rings. The summed E-state index contributed by atoms with van der Waals surface area (Å²) in [5.41, 5.74) is 5.70. The Bertz CT molecular complexity index is 218. The molecule has 3 N–H and O–H groups in total. The summed E-state index contributed by atoms with van der Waals surface area (Å²) in [5, 5.41) is 2.72. The highest BCUT2D eigenvalue weighted by Gasteiger charge is 2.16. The van der Waals surface area contributed by atoms with E-state index in [1.165, 1.54) is 0 Å². The Balaban J connectivity index is 4.01. The molecule has 0 aliphatic heterocycles. The quantitative estimate of drug-likeness (QED) is 0.642. The van der Waals surface area contributed by atoms with Crippen molar-refractivity contribution in [3.63, 3.8) is 0 Å². The molecule has 3 heteroatoms. The molecule has 0 aliphatic rings. The van der Waals surface area contributed by atoms with Crippen LogP contribution in [0, 0.1) is 18.3 Å². The molecule has 2 atom stereocenters. The molecule has 0 aromatic heterocycles. The highest BCUT2D eigenvalue weighted by atomic mass is 16.2. The van der Waals surface area contributed by atoms with Crippen molar-refractivity contribution in [1.82, 2.24) is 5.32 Å². The molecule has 0 saturated heterocycles. The lowest BCUT2D eigenvalue weighted by Gasteiger charge is -2.16. The lowest BCUT2D eigenvalue weighted by atomic mass is 10.0. The number of hydrogen-bond donors (Lipinski definition) is 2. The predicted molar refractivity (Wildman–Crippen MR) is 58.5 cm³/mol. The number of nitrogens with one attached hydrogen (secondary N) is 1. The summed E-state index contributed by atoms with van der Waals surface area (Å²) in [6, 6.07) is -0.641. The second kappa shape index (κ2) is 6.44. The zero-order valence-corrected chi connectivity index (χ0v) is 9.21. The zero-order chi connectivity index (χ0) is 11.1. The van der Waals surface area contributed by atoms with Crippen LogP contribution in [0.1, 0.15) is 33.6 Å². The van der Waals surface area contributed by atoms with Gasteiger partial charge in [0.05, 0.1) is 12.1 Å². The summed E-state index contributed by atoms with van der Waals surface area (Å²) in [7, 11) is 0. The Hall–Kier alpha value is -1.01. The molecule has 14 heavy (non-hydrogen) atoms. The maximum Gasteiger partial charge on any atom is 0.237 e. The van der Waals surface area contributed by atoms with Gasteiger partial charge in [0.15, 0.2) is 0 Å². The number of hydrogen-bond acceptors (Lipinski definition) is 2. The van der Waals surface area contributed by atoms with Gasteiger partial charge in [0.25, 0.3) is 0 Å². The lowest BCUT2D eigenvalue weighted by molar-refractivity contribution is -0.123. The first-order valence-corrected chi connectivity index (χ1v) is 5.03. The number of terminal acetylenes is 1. The largest absolute Gasteiger partial charge is 0.341 e. The van der Waals surface area contributed by atoms with E-state index in [-0.39, 0.29) is 11.9 Å². The molecule has 0 radical (unpaired) electrons. The van der Waals surface area contributed by atoms with Crippen LogP contribution in [-0.2, 0) is 4.79 Å². The van der Waals surface area contributed by atoms with Gasteiger partial charge in [0.2, 0.25) is 5.91 Å². The third-order valence-corrected chi connectivity index (χ3v) is 1.99. The number of carbonyl (C=O) groups is 1. The van der Waals surface area contributed by atoms with E-state index in [0.29, 0.717) is 12.3 Å². The van der Waals surface area contributed by atoms with Gasteiger partial charge < -0.3 is 11.1 Å². The fraction of sp³-hybridized carbons (Fsp3) is 0.727. The van der Waals surface area contributed by atoms with E-state index in [0.717, 1.165) is 6.42 Å². The van der Waals surface area contributed by atoms with E-state index < -0.39 is 6.04 Å². The third-order valence-electron chi connectivity index (χ3n) is 1.99. The van der Waals surface area contributed by atoms with Gasteiger partial charge >= 0.3 is 0 Å². The van der Waals surface area contributed by atoms with Crippen LogP contribution >= 0.6 is 0 Å². The molecular weight excluding hydrogens is 176 g/mol. The minimum atomic E-state index is -0.447. The molecular formula is C11H20N2O. The van der Waals surface area contributed by atoms with E-state index >= 15 is 0 Å². The number of rotatable bonds is 5. The summed E-state index contributed by atoms with van der Waals surface area (Å²) < 4.78 is 0. The average molecular weight is 196 g/mol. The molecule has 0 saturated carbocycles. The van der Waals surface area contributed by atoms with Crippen molar-refractivity contribution in [2.75, 3.05) is 0 Å². The second-order valence-electron chi connectivity index (χ2n) is 3.87. The van der Waals surface area contributed by atoms with E-state index in [4.69, 9.17) is 12.2 Å². The van der Waals surface area contributed by atoms with Crippen molar-refractivity contribution in [2.45, 2.75) is 45.7 Å². The van der Waals surface area contributed by atoms with Crippen molar-refractivity contribution >= 4 is 5.91 Å². The summed E-state index contributed by atoms with van der Waals surface area (Å²) in [4.78, 5) is 11.5. The molecule has 0 fully saturated rings. The van der Waals surface area contributed by atoms with Gasteiger partial charge in [0.1, 0.15) is 0 Å². The molecule has 0 bridgehead atoms. The molecule has 0 rings (SSSR count). The molecule has 0 aliphatic carbocycles. The van der Waals surface area contributed by atoms with E-state index in [1.807, 2.05) is 20.8 Å². The van der Waals surface area contributed by atoms with Crippen LogP contribution in [0.2, 0.25) is 0 Å². The molecule has 0 spiro atoms. The Morgan fingerprint density at radius 1 is 1.57 bits per heavy atom. The van der Waals surface area contributed by atoms with Crippen molar-refractivity contribution in [1.29, 1.82) is 0 Å². The SMILES string of the molecule is C#CC(CC)NC(=O)[C@@H](N)CC(C)C. The topological polar surface area (TPSA) is 55.1 Å². The number of nitrogens with two attached hydrogens (primary N) is 1. The van der Waals surface area contributed by atoms with Gasteiger partial charge in [-0.15, -0.1) is 6.42 Å². The van der Waals surface area contributed by atoms with Gasteiger partial charge in [-0.25, -0.2) is 0 Å². The first-order chi connectivity index (χ1) is 6.51. The van der Waals surface area contributed by atoms with Gasteiger partial charge in [0, 0.05) is 0 Å². The Morgan fingerprint density at radius 2 is 2.14 bits per heavy atom.